The van der Waals surface area contributed by atoms with Crippen molar-refractivity contribution < 1.29 is 4.21 Å². The molecule has 0 fully saturated rings. The second kappa shape index (κ2) is 5.86. The quantitative estimate of drug-likeness (QED) is 0.865. The molecule has 1 heterocycles. The summed E-state index contributed by atoms with van der Waals surface area (Å²) in [5.41, 5.74) is 3.33. The summed E-state index contributed by atoms with van der Waals surface area (Å²) in [7, 11) is 3.09. The minimum atomic E-state index is -1.10. The number of benzene rings is 2. The van der Waals surface area contributed by atoms with Crippen molar-refractivity contribution in [3.8, 4) is 0 Å². The lowest BCUT2D eigenvalue weighted by atomic mass is 10.1. The third kappa shape index (κ3) is 2.57. The number of hydrogen-bond acceptors (Lipinski definition) is 3. The number of anilines is 2. The molecule has 0 N–H and O–H groups in total. The smallest absolute Gasteiger partial charge is 0.0892 e. The summed E-state index contributed by atoms with van der Waals surface area (Å²) >= 11 is 0. The zero-order chi connectivity index (χ0) is 15.9. The highest BCUT2D eigenvalue weighted by Crippen LogP contribution is 2.42. The SMILES string of the molecule is Cc1ccc2c(c1)N(CC(C)N(C)C)c1ccccc1S2=O. The summed E-state index contributed by atoms with van der Waals surface area (Å²) in [5.74, 6) is 0. The zero-order valence-electron chi connectivity index (χ0n) is 13.5. The van der Waals surface area contributed by atoms with E-state index in [1.807, 2.05) is 30.3 Å². The lowest BCUT2D eigenvalue weighted by molar-refractivity contribution is 0.319. The van der Waals surface area contributed by atoms with Crippen molar-refractivity contribution in [1.29, 1.82) is 0 Å². The van der Waals surface area contributed by atoms with Gasteiger partial charge in [0, 0.05) is 12.6 Å². The molecule has 0 radical (unpaired) electrons. The van der Waals surface area contributed by atoms with E-state index in [0.717, 1.165) is 27.7 Å². The van der Waals surface area contributed by atoms with Crippen molar-refractivity contribution in [2.45, 2.75) is 29.7 Å². The molecule has 0 aromatic heterocycles. The predicted octanol–water partition coefficient (Wildman–Crippen LogP) is 3.56. The van der Waals surface area contributed by atoms with Crippen LogP contribution in [0.15, 0.2) is 52.3 Å². The molecular weight excluding hydrogens is 292 g/mol. The molecule has 1 aliphatic rings. The monoisotopic (exact) mass is 314 g/mol. The van der Waals surface area contributed by atoms with Crippen LogP contribution in [0.25, 0.3) is 0 Å². The number of nitrogens with zero attached hydrogens (tertiary/aromatic N) is 2. The van der Waals surface area contributed by atoms with Crippen LogP contribution in [0.3, 0.4) is 0 Å². The van der Waals surface area contributed by atoms with E-state index in [4.69, 9.17) is 0 Å². The molecule has 2 aromatic carbocycles. The van der Waals surface area contributed by atoms with Crippen molar-refractivity contribution >= 4 is 22.2 Å². The molecule has 0 amide bonds. The van der Waals surface area contributed by atoms with Gasteiger partial charge in [-0.05, 0) is 57.8 Å². The molecule has 0 aliphatic carbocycles. The second-order valence-electron chi connectivity index (χ2n) is 6.13. The van der Waals surface area contributed by atoms with Crippen LogP contribution in [0, 0.1) is 6.92 Å². The maximum atomic E-state index is 12.9. The topological polar surface area (TPSA) is 23.6 Å². The lowest BCUT2D eigenvalue weighted by Gasteiger charge is -2.36. The summed E-state index contributed by atoms with van der Waals surface area (Å²) in [4.78, 5) is 6.34. The number of aryl methyl sites for hydroxylation is 1. The fourth-order valence-corrected chi connectivity index (χ4v) is 4.06. The Kier molecular flexibility index (Phi) is 4.06. The molecule has 3 rings (SSSR count). The Morgan fingerprint density at radius 1 is 1.09 bits per heavy atom. The lowest BCUT2D eigenvalue weighted by Crippen LogP contribution is -2.38. The first-order chi connectivity index (χ1) is 10.5. The van der Waals surface area contributed by atoms with Gasteiger partial charge >= 0.3 is 0 Å². The van der Waals surface area contributed by atoms with E-state index in [0.29, 0.717) is 6.04 Å². The fourth-order valence-electron chi connectivity index (χ4n) is 2.70. The highest BCUT2D eigenvalue weighted by atomic mass is 32.2. The molecular formula is C18H22N2OS. The van der Waals surface area contributed by atoms with Crippen molar-refractivity contribution in [1.82, 2.24) is 4.90 Å². The zero-order valence-corrected chi connectivity index (χ0v) is 14.4. The minimum absolute atomic E-state index is 0.396. The molecule has 0 bridgehead atoms. The van der Waals surface area contributed by atoms with Crippen molar-refractivity contribution in [2.24, 2.45) is 0 Å². The van der Waals surface area contributed by atoms with Gasteiger partial charge in [0.25, 0.3) is 0 Å². The van der Waals surface area contributed by atoms with E-state index >= 15 is 0 Å². The molecule has 0 saturated heterocycles. The van der Waals surface area contributed by atoms with Crippen LogP contribution in [0.1, 0.15) is 12.5 Å². The highest BCUT2D eigenvalue weighted by Gasteiger charge is 2.28. The first-order valence-electron chi connectivity index (χ1n) is 7.54. The standard InChI is InChI=1S/C18H22N2OS/c1-13-9-10-18-16(11-13)20(12-14(2)19(3)4)15-7-5-6-8-17(15)22(18)21/h5-11,14H,12H2,1-4H3. The molecule has 4 heteroatoms. The van der Waals surface area contributed by atoms with Crippen molar-refractivity contribution in [3.63, 3.8) is 0 Å². The van der Waals surface area contributed by atoms with Gasteiger partial charge in [-0.15, -0.1) is 0 Å². The van der Waals surface area contributed by atoms with Gasteiger partial charge in [-0.2, -0.15) is 0 Å². The van der Waals surface area contributed by atoms with Crippen LogP contribution < -0.4 is 4.90 Å². The molecule has 22 heavy (non-hydrogen) atoms. The van der Waals surface area contributed by atoms with Gasteiger partial charge in [0.2, 0.25) is 0 Å². The summed E-state index contributed by atoms with van der Waals surface area (Å²) in [6.07, 6.45) is 0. The Morgan fingerprint density at radius 3 is 2.50 bits per heavy atom. The Balaban J connectivity index is 2.14. The van der Waals surface area contributed by atoms with Gasteiger partial charge in [-0.1, -0.05) is 18.2 Å². The van der Waals surface area contributed by atoms with Crippen LogP contribution in [0.2, 0.25) is 0 Å². The van der Waals surface area contributed by atoms with Crippen LogP contribution in [-0.4, -0.2) is 35.8 Å². The number of hydrogen-bond donors (Lipinski definition) is 0. The van der Waals surface area contributed by atoms with E-state index in [1.54, 1.807) is 0 Å². The molecule has 1 aliphatic heterocycles. The van der Waals surface area contributed by atoms with Crippen LogP contribution in [0.5, 0.6) is 0 Å². The van der Waals surface area contributed by atoms with Gasteiger partial charge in [-0.25, -0.2) is 4.21 Å². The second-order valence-corrected chi connectivity index (χ2v) is 7.55. The van der Waals surface area contributed by atoms with Gasteiger partial charge in [-0.3, -0.25) is 0 Å². The first kappa shape index (κ1) is 15.3. The molecule has 0 spiro atoms. The normalized spacial score (nSPS) is 18.0. The molecule has 3 nitrogen and oxygen atoms in total. The highest BCUT2D eigenvalue weighted by molar-refractivity contribution is 7.85. The molecule has 2 aromatic rings. The van der Waals surface area contributed by atoms with Gasteiger partial charge in [0.1, 0.15) is 0 Å². The van der Waals surface area contributed by atoms with E-state index in [2.05, 4.69) is 49.9 Å². The third-order valence-electron chi connectivity index (χ3n) is 4.29. The van der Waals surface area contributed by atoms with E-state index in [1.165, 1.54) is 5.56 Å². The van der Waals surface area contributed by atoms with Gasteiger partial charge in [0.05, 0.1) is 32.0 Å². The Bertz CT molecular complexity index is 727. The van der Waals surface area contributed by atoms with Crippen LogP contribution >= 0.6 is 0 Å². The average molecular weight is 314 g/mol. The Morgan fingerprint density at radius 2 is 1.77 bits per heavy atom. The minimum Gasteiger partial charge on any atom is -0.338 e. The number of likely N-dealkylation sites (N-methyl/N-ethyl adjacent to an activating group) is 1. The largest absolute Gasteiger partial charge is 0.338 e. The first-order valence-corrected chi connectivity index (χ1v) is 8.69. The third-order valence-corrected chi connectivity index (χ3v) is 5.78. The summed E-state index contributed by atoms with van der Waals surface area (Å²) < 4.78 is 12.9. The maximum absolute atomic E-state index is 12.9. The summed E-state index contributed by atoms with van der Waals surface area (Å²) in [6, 6.07) is 14.6. The Hall–Kier alpha value is -1.65. The van der Waals surface area contributed by atoms with Crippen molar-refractivity contribution in [2.75, 3.05) is 25.5 Å². The fraction of sp³-hybridized carbons (Fsp3) is 0.333. The van der Waals surface area contributed by atoms with Gasteiger partial charge < -0.3 is 9.80 Å². The molecule has 2 atom stereocenters. The average Bonchev–Trinajstić information content (AvgIpc) is 2.51. The molecule has 116 valence electrons. The summed E-state index contributed by atoms with van der Waals surface area (Å²) in [6.45, 7) is 5.17. The van der Waals surface area contributed by atoms with Crippen LogP contribution in [-0.2, 0) is 10.8 Å². The van der Waals surface area contributed by atoms with Crippen molar-refractivity contribution in [3.05, 3.63) is 48.0 Å². The number of fused-ring (bicyclic) bond motifs is 2. The number of para-hydroxylation sites is 1. The maximum Gasteiger partial charge on any atom is 0.0892 e. The van der Waals surface area contributed by atoms with E-state index in [9.17, 15) is 4.21 Å². The van der Waals surface area contributed by atoms with E-state index in [-0.39, 0.29) is 0 Å². The summed E-state index contributed by atoms with van der Waals surface area (Å²) in [5, 5.41) is 0. The predicted molar refractivity (Wildman–Crippen MR) is 92.5 cm³/mol. The Labute approximate surface area is 135 Å². The van der Waals surface area contributed by atoms with E-state index < -0.39 is 10.8 Å². The molecule has 2 unspecified atom stereocenters. The van der Waals surface area contributed by atoms with Gasteiger partial charge in [0.15, 0.2) is 0 Å². The molecule has 0 saturated carbocycles. The van der Waals surface area contributed by atoms with Crippen LogP contribution in [0.4, 0.5) is 11.4 Å². The number of rotatable bonds is 3.